The van der Waals surface area contributed by atoms with Crippen molar-refractivity contribution in [2.45, 2.75) is 57.9 Å². The molecule has 1 aliphatic heterocycles. The van der Waals surface area contributed by atoms with Crippen LogP contribution in [-0.2, 0) is 4.79 Å². The van der Waals surface area contributed by atoms with E-state index in [1.54, 1.807) is 0 Å². The smallest absolute Gasteiger partial charge is 0.226 e. The van der Waals surface area contributed by atoms with Gasteiger partial charge in [0.1, 0.15) is 0 Å². The van der Waals surface area contributed by atoms with Gasteiger partial charge in [-0.1, -0.05) is 19.8 Å². The molecule has 1 saturated heterocycles. The van der Waals surface area contributed by atoms with Gasteiger partial charge in [0.25, 0.3) is 0 Å². The lowest BCUT2D eigenvalue weighted by atomic mass is 9.82. The molecule has 2 fully saturated rings. The van der Waals surface area contributed by atoms with Gasteiger partial charge in [-0.2, -0.15) is 0 Å². The normalized spacial score (nSPS) is 27.2. The Morgan fingerprint density at radius 1 is 1.35 bits per heavy atom. The monoisotopic (exact) mass is 260 g/mol. The first-order valence-corrected chi connectivity index (χ1v) is 6.78. The van der Waals surface area contributed by atoms with Crippen LogP contribution in [-0.4, -0.2) is 25.0 Å². The third-order valence-corrected chi connectivity index (χ3v) is 4.35. The Labute approximate surface area is 111 Å². The van der Waals surface area contributed by atoms with E-state index >= 15 is 0 Å². The number of carbonyl (C=O) groups excluding carboxylic acids is 1. The van der Waals surface area contributed by atoms with Crippen LogP contribution in [0.1, 0.15) is 51.9 Å². The molecule has 2 N–H and O–H groups in total. The fourth-order valence-electron chi connectivity index (χ4n) is 3.11. The molecule has 2 aliphatic rings. The van der Waals surface area contributed by atoms with Crippen LogP contribution in [0.2, 0.25) is 0 Å². The molecule has 100 valence electrons. The maximum Gasteiger partial charge on any atom is 0.226 e. The summed E-state index contributed by atoms with van der Waals surface area (Å²) in [5, 5.41) is 6.60. The molecule has 1 heterocycles. The van der Waals surface area contributed by atoms with Crippen LogP contribution >= 0.6 is 12.4 Å². The van der Waals surface area contributed by atoms with Gasteiger partial charge >= 0.3 is 0 Å². The summed E-state index contributed by atoms with van der Waals surface area (Å²) in [5.41, 5.74) is -0.0303. The lowest BCUT2D eigenvalue weighted by Crippen LogP contribution is -2.50. The predicted octanol–water partition coefficient (Wildman–Crippen LogP) is 2.25. The van der Waals surface area contributed by atoms with E-state index in [0.29, 0.717) is 11.9 Å². The number of halogens is 1. The van der Waals surface area contributed by atoms with Crippen molar-refractivity contribution in [1.82, 2.24) is 10.6 Å². The average molecular weight is 261 g/mol. The number of carbonyl (C=O) groups is 1. The fraction of sp³-hybridized carbons (Fsp3) is 0.923. The summed E-state index contributed by atoms with van der Waals surface area (Å²) >= 11 is 0. The molecule has 0 aromatic carbocycles. The van der Waals surface area contributed by atoms with Crippen LogP contribution in [0.5, 0.6) is 0 Å². The van der Waals surface area contributed by atoms with Gasteiger partial charge in [0.2, 0.25) is 5.91 Å². The minimum atomic E-state index is -0.0303. The molecule has 4 heteroatoms. The van der Waals surface area contributed by atoms with Gasteiger partial charge in [-0.15, -0.1) is 12.4 Å². The summed E-state index contributed by atoms with van der Waals surface area (Å²) in [6, 6.07) is 0.366. The molecule has 2 rings (SSSR count). The number of rotatable bonds is 3. The first kappa shape index (κ1) is 14.8. The molecule has 0 radical (unpaired) electrons. The number of nitrogens with one attached hydrogen (secondary N) is 2. The van der Waals surface area contributed by atoms with Crippen molar-refractivity contribution in [3.63, 3.8) is 0 Å². The minimum absolute atomic E-state index is 0. The van der Waals surface area contributed by atoms with Gasteiger partial charge in [0.05, 0.1) is 0 Å². The molecule has 1 amide bonds. The first-order valence-electron chi connectivity index (χ1n) is 6.78. The average Bonchev–Trinajstić information content (AvgIpc) is 2.80. The Morgan fingerprint density at radius 2 is 2.06 bits per heavy atom. The minimum Gasteiger partial charge on any atom is -0.352 e. The van der Waals surface area contributed by atoms with Gasteiger partial charge in [-0.25, -0.2) is 0 Å². The van der Waals surface area contributed by atoms with Gasteiger partial charge in [-0.05, 0) is 38.6 Å². The van der Waals surface area contributed by atoms with E-state index in [1.165, 1.54) is 19.3 Å². The van der Waals surface area contributed by atoms with Crippen LogP contribution in [0.3, 0.4) is 0 Å². The van der Waals surface area contributed by atoms with E-state index < -0.39 is 0 Å². The summed E-state index contributed by atoms with van der Waals surface area (Å²) in [4.78, 5) is 12.3. The highest BCUT2D eigenvalue weighted by atomic mass is 35.5. The lowest BCUT2D eigenvalue weighted by molar-refractivity contribution is -0.131. The zero-order chi connectivity index (χ0) is 11.4. The predicted molar refractivity (Wildman–Crippen MR) is 72.5 cm³/mol. The summed E-state index contributed by atoms with van der Waals surface area (Å²) < 4.78 is 0. The van der Waals surface area contributed by atoms with Crippen LogP contribution in [0.25, 0.3) is 0 Å². The van der Waals surface area contributed by atoms with E-state index in [2.05, 4.69) is 17.6 Å². The zero-order valence-electron chi connectivity index (χ0n) is 10.8. The summed E-state index contributed by atoms with van der Waals surface area (Å²) in [6.07, 6.45) is 7.96. The Bertz CT molecular complexity index is 246. The highest BCUT2D eigenvalue weighted by Crippen LogP contribution is 2.41. The van der Waals surface area contributed by atoms with Crippen molar-refractivity contribution in [2.24, 2.45) is 5.41 Å². The van der Waals surface area contributed by atoms with Gasteiger partial charge in [0, 0.05) is 18.0 Å². The lowest BCUT2D eigenvalue weighted by Gasteiger charge is -2.31. The molecule has 0 aromatic rings. The maximum atomic E-state index is 12.3. The molecule has 1 atom stereocenters. The number of hydrogen-bond acceptors (Lipinski definition) is 2. The summed E-state index contributed by atoms with van der Waals surface area (Å²) in [7, 11) is 0. The van der Waals surface area contributed by atoms with Gasteiger partial charge < -0.3 is 10.6 Å². The molecular formula is C13H25ClN2O. The Morgan fingerprint density at radius 3 is 2.59 bits per heavy atom. The molecular weight excluding hydrogens is 236 g/mol. The van der Waals surface area contributed by atoms with Crippen molar-refractivity contribution in [1.29, 1.82) is 0 Å². The number of amides is 1. The zero-order valence-corrected chi connectivity index (χ0v) is 11.6. The Hall–Kier alpha value is -0.280. The summed E-state index contributed by atoms with van der Waals surface area (Å²) in [6.45, 7) is 4.21. The highest BCUT2D eigenvalue weighted by Gasteiger charge is 2.39. The van der Waals surface area contributed by atoms with E-state index in [1.807, 2.05) is 0 Å². The maximum absolute atomic E-state index is 12.3. The second kappa shape index (κ2) is 6.60. The third-order valence-electron chi connectivity index (χ3n) is 4.35. The Balaban J connectivity index is 0.00000144. The van der Waals surface area contributed by atoms with Crippen LogP contribution < -0.4 is 10.6 Å². The van der Waals surface area contributed by atoms with Gasteiger partial charge in [-0.3, -0.25) is 4.79 Å². The SMILES string of the molecule is CCC1(C(=O)N[C@@H]2CCCNC2)CCCC1.Cl. The summed E-state index contributed by atoms with van der Waals surface area (Å²) in [5.74, 6) is 0.321. The standard InChI is InChI=1S/C13H24N2O.ClH/c1-2-13(7-3-4-8-13)12(16)15-11-6-5-9-14-10-11;/h11,14H,2-10H2,1H3,(H,15,16);1H/t11-;/m1./s1. The second-order valence-electron chi connectivity index (χ2n) is 5.36. The highest BCUT2D eigenvalue weighted by molar-refractivity contribution is 5.85. The largest absolute Gasteiger partial charge is 0.352 e. The van der Waals surface area contributed by atoms with E-state index in [9.17, 15) is 4.79 Å². The van der Waals surface area contributed by atoms with Crippen molar-refractivity contribution >= 4 is 18.3 Å². The topological polar surface area (TPSA) is 41.1 Å². The second-order valence-corrected chi connectivity index (χ2v) is 5.36. The van der Waals surface area contributed by atoms with Gasteiger partial charge in [0.15, 0.2) is 0 Å². The van der Waals surface area contributed by atoms with Crippen LogP contribution in [0, 0.1) is 5.41 Å². The molecule has 0 aromatic heterocycles. The van der Waals surface area contributed by atoms with Crippen LogP contribution in [0.4, 0.5) is 0 Å². The number of hydrogen-bond donors (Lipinski definition) is 2. The van der Waals surface area contributed by atoms with E-state index in [4.69, 9.17) is 0 Å². The molecule has 0 spiro atoms. The molecule has 3 nitrogen and oxygen atoms in total. The molecule has 1 aliphatic carbocycles. The van der Waals surface area contributed by atoms with E-state index in [-0.39, 0.29) is 17.8 Å². The molecule has 1 saturated carbocycles. The quantitative estimate of drug-likeness (QED) is 0.817. The number of piperidine rings is 1. The van der Waals surface area contributed by atoms with Crippen molar-refractivity contribution in [3.05, 3.63) is 0 Å². The molecule has 17 heavy (non-hydrogen) atoms. The molecule has 0 unspecified atom stereocenters. The van der Waals surface area contributed by atoms with Crippen LogP contribution in [0.15, 0.2) is 0 Å². The van der Waals surface area contributed by atoms with E-state index in [0.717, 1.165) is 38.8 Å². The fourth-order valence-corrected chi connectivity index (χ4v) is 3.11. The van der Waals surface area contributed by atoms with Crippen molar-refractivity contribution in [3.8, 4) is 0 Å². The first-order chi connectivity index (χ1) is 7.77. The Kier molecular flexibility index (Phi) is 5.74. The molecule has 0 bridgehead atoms. The van der Waals surface area contributed by atoms with Crippen molar-refractivity contribution in [2.75, 3.05) is 13.1 Å². The third kappa shape index (κ3) is 3.35. The van der Waals surface area contributed by atoms with Crippen molar-refractivity contribution < 1.29 is 4.79 Å².